The summed E-state index contributed by atoms with van der Waals surface area (Å²) in [7, 11) is -1.18. The van der Waals surface area contributed by atoms with Gasteiger partial charge in [0.25, 0.3) is 0 Å². The Hall–Kier alpha value is -2.95. The van der Waals surface area contributed by atoms with Gasteiger partial charge in [-0.05, 0) is 44.2 Å². The number of aliphatic carboxylic acids is 1. The summed E-state index contributed by atoms with van der Waals surface area (Å²) in [5, 5.41) is 12.2. The second-order valence-corrected chi connectivity index (χ2v) is 16.7. The molecule has 1 aromatic heterocycles. The van der Waals surface area contributed by atoms with Crippen LogP contribution in [-0.4, -0.2) is 54.0 Å². The van der Waals surface area contributed by atoms with Crippen LogP contribution in [0.5, 0.6) is 0 Å². The molecule has 2 aromatic carbocycles. The zero-order chi connectivity index (χ0) is 26.6. The molecule has 0 bridgehead atoms. The SMILES string of the molecule is C[Si](C)(C)CCOCn1cnc(C[C@H](NC(=O)OCC2c3ccccc3-c3ccccc32)C(=O)O)c1Br. The van der Waals surface area contributed by atoms with E-state index in [1.807, 2.05) is 36.4 Å². The fourth-order valence-electron chi connectivity index (χ4n) is 4.35. The summed E-state index contributed by atoms with van der Waals surface area (Å²) >= 11 is 3.49. The largest absolute Gasteiger partial charge is 0.480 e. The third kappa shape index (κ3) is 6.68. The number of nitrogens with zero attached hydrogens (tertiary/aromatic N) is 2. The second kappa shape index (κ2) is 11.6. The molecule has 10 heteroatoms. The van der Waals surface area contributed by atoms with Gasteiger partial charge in [0, 0.05) is 27.0 Å². The number of carbonyl (C=O) groups is 2. The smallest absolute Gasteiger partial charge is 0.407 e. The molecule has 0 radical (unpaired) electrons. The first-order chi connectivity index (χ1) is 17.6. The predicted molar refractivity (Wildman–Crippen MR) is 147 cm³/mol. The Labute approximate surface area is 226 Å². The van der Waals surface area contributed by atoms with E-state index in [1.54, 1.807) is 10.9 Å². The molecule has 37 heavy (non-hydrogen) atoms. The standard InChI is InChI=1S/C27H32BrN3O5Si/c1-37(2,3)13-12-35-17-31-16-29-23(25(31)28)14-24(26(32)33)30-27(34)36-15-22-20-10-6-4-8-18(20)19-9-5-7-11-21(19)22/h4-11,16,22,24H,12-15,17H2,1-3H3,(H,30,34)(H,32,33)/t24-/m0/s1. The number of aromatic nitrogens is 2. The van der Waals surface area contributed by atoms with E-state index in [9.17, 15) is 14.7 Å². The minimum Gasteiger partial charge on any atom is -0.480 e. The van der Waals surface area contributed by atoms with Gasteiger partial charge in [0.05, 0.1) is 12.0 Å². The predicted octanol–water partition coefficient (Wildman–Crippen LogP) is 5.49. The van der Waals surface area contributed by atoms with Gasteiger partial charge in [0.2, 0.25) is 0 Å². The summed E-state index contributed by atoms with van der Waals surface area (Å²) < 4.78 is 13.7. The van der Waals surface area contributed by atoms with Crippen molar-refractivity contribution in [2.45, 2.75) is 50.8 Å². The highest BCUT2D eigenvalue weighted by molar-refractivity contribution is 9.10. The molecule has 4 rings (SSSR count). The van der Waals surface area contributed by atoms with Crippen LogP contribution in [0.25, 0.3) is 11.1 Å². The highest BCUT2D eigenvalue weighted by Crippen LogP contribution is 2.44. The number of nitrogens with one attached hydrogen (secondary N) is 1. The minimum absolute atomic E-state index is 0.00200. The fraction of sp³-hybridized carbons (Fsp3) is 0.370. The van der Waals surface area contributed by atoms with Crippen LogP contribution in [0, 0.1) is 0 Å². The van der Waals surface area contributed by atoms with Crippen LogP contribution in [0.1, 0.15) is 22.7 Å². The maximum Gasteiger partial charge on any atom is 0.407 e. The van der Waals surface area contributed by atoms with Crippen molar-refractivity contribution in [2.24, 2.45) is 0 Å². The van der Waals surface area contributed by atoms with Crippen molar-refractivity contribution in [2.75, 3.05) is 13.2 Å². The van der Waals surface area contributed by atoms with Gasteiger partial charge < -0.3 is 24.5 Å². The normalized spacial score (nSPS) is 13.6. The van der Waals surface area contributed by atoms with Crippen LogP contribution in [0.15, 0.2) is 59.5 Å². The van der Waals surface area contributed by atoms with Gasteiger partial charge in [-0.2, -0.15) is 0 Å². The lowest BCUT2D eigenvalue weighted by Gasteiger charge is -2.17. The van der Waals surface area contributed by atoms with Crippen molar-refractivity contribution < 1.29 is 24.2 Å². The molecule has 0 aliphatic heterocycles. The minimum atomic E-state index is -1.19. The van der Waals surface area contributed by atoms with E-state index in [4.69, 9.17) is 9.47 Å². The highest BCUT2D eigenvalue weighted by atomic mass is 79.9. The van der Waals surface area contributed by atoms with Crippen LogP contribution in [0.2, 0.25) is 25.7 Å². The van der Waals surface area contributed by atoms with Crippen LogP contribution in [-0.2, 0) is 27.4 Å². The van der Waals surface area contributed by atoms with Crippen LogP contribution >= 0.6 is 15.9 Å². The maximum atomic E-state index is 12.6. The Bertz CT molecular complexity index is 1230. The van der Waals surface area contributed by atoms with Crippen molar-refractivity contribution >= 4 is 36.1 Å². The average Bonchev–Trinajstić information content (AvgIpc) is 3.36. The zero-order valence-electron chi connectivity index (χ0n) is 21.2. The molecule has 0 saturated heterocycles. The van der Waals surface area contributed by atoms with Crippen molar-refractivity contribution in [3.63, 3.8) is 0 Å². The fourth-order valence-corrected chi connectivity index (χ4v) is 5.57. The van der Waals surface area contributed by atoms with Gasteiger partial charge in [-0.25, -0.2) is 14.6 Å². The van der Waals surface area contributed by atoms with E-state index in [-0.39, 0.29) is 18.9 Å². The number of rotatable bonds is 11. The lowest BCUT2D eigenvalue weighted by atomic mass is 9.98. The first kappa shape index (κ1) is 27.1. The molecule has 1 atom stereocenters. The zero-order valence-corrected chi connectivity index (χ0v) is 23.8. The number of hydrogen-bond donors (Lipinski definition) is 2. The van der Waals surface area contributed by atoms with Gasteiger partial charge in [-0.1, -0.05) is 68.2 Å². The Morgan fingerprint density at radius 2 is 1.73 bits per heavy atom. The molecule has 3 aromatic rings. The number of ether oxygens (including phenoxy) is 2. The lowest BCUT2D eigenvalue weighted by molar-refractivity contribution is -0.139. The second-order valence-electron chi connectivity index (χ2n) is 10.4. The van der Waals surface area contributed by atoms with Gasteiger partial charge in [0.1, 0.15) is 24.0 Å². The first-order valence-corrected chi connectivity index (χ1v) is 16.8. The number of carboxylic acid groups (broad SMARTS) is 1. The third-order valence-electron chi connectivity index (χ3n) is 6.40. The van der Waals surface area contributed by atoms with E-state index < -0.39 is 26.2 Å². The summed E-state index contributed by atoms with van der Waals surface area (Å²) in [6.07, 6.45) is 0.821. The number of amides is 1. The molecule has 0 saturated carbocycles. The molecule has 0 unspecified atom stereocenters. The Kier molecular flexibility index (Phi) is 8.51. The van der Waals surface area contributed by atoms with E-state index >= 15 is 0 Å². The number of imidazole rings is 1. The van der Waals surface area contributed by atoms with Gasteiger partial charge >= 0.3 is 12.1 Å². The summed E-state index contributed by atoms with van der Waals surface area (Å²) in [5.74, 6) is -1.27. The number of halogens is 1. The molecule has 1 heterocycles. The maximum absolute atomic E-state index is 12.6. The molecule has 8 nitrogen and oxygen atoms in total. The molecular weight excluding hydrogens is 554 g/mol. The lowest BCUT2D eigenvalue weighted by Crippen LogP contribution is -2.43. The van der Waals surface area contributed by atoms with Crippen LogP contribution in [0.4, 0.5) is 4.79 Å². The quantitative estimate of drug-likeness (QED) is 0.228. The highest BCUT2D eigenvalue weighted by Gasteiger charge is 2.30. The first-order valence-electron chi connectivity index (χ1n) is 12.3. The summed E-state index contributed by atoms with van der Waals surface area (Å²) in [6, 6.07) is 15.9. The van der Waals surface area contributed by atoms with Gasteiger partial charge in [0.15, 0.2) is 0 Å². The molecule has 0 spiro atoms. The summed E-state index contributed by atoms with van der Waals surface area (Å²) in [5.41, 5.74) is 4.95. The molecule has 1 aliphatic rings. The number of alkyl carbamates (subject to hydrolysis) is 1. The molecular formula is C27H32BrN3O5Si. The number of hydrogen-bond acceptors (Lipinski definition) is 5. The van der Waals surface area contributed by atoms with Gasteiger partial charge in [-0.3, -0.25) is 0 Å². The third-order valence-corrected chi connectivity index (χ3v) is 9.02. The van der Waals surface area contributed by atoms with Crippen LogP contribution < -0.4 is 5.32 Å². The average molecular weight is 587 g/mol. The van der Waals surface area contributed by atoms with E-state index in [0.29, 0.717) is 23.6 Å². The van der Waals surface area contributed by atoms with E-state index in [2.05, 4.69) is 58.0 Å². The molecule has 2 N–H and O–H groups in total. The number of fused-ring (bicyclic) bond motifs is 3. The molecule has 1 aliphatic carbocycles. The van der Waals surface area contributed by atoms with Gasteiger partial charge in [-0.15, -0.1) is 0 Å². The van der Waals surface area contributed by atoms with Crippen molar-refractivity contribution in [1.82, 2.24) is 14.9 Å². The van der Waals surface area contributed by atoms with E-state index in [0.717, 1.165) is 28.3 Å². The summed E-state index contributed by atoms with van der Waals surface area (Å²) in [6.45, 7) is 7.96. The van der Waals surface area contributed by atoms with Crippen LogP contribution in [0.3, 0.4) is 0 Å². The molecule has 196 valence electrons. The Morgan fingerprint density at radius 3 is 2.32 bits per heavy atom. The summed E-state index contributed by atoms with van der Waals surface area (Å²) in [4.78, 5) is 28.9. The monoisotopic (exact) mass is 585 g/mol. The topological polar surface area (TPSA) is 103 Å². The van der Waals surface area contributed by atoms with Crippen molar-refractivity contribution in [3.05, 3.63) is 76.3 Å². The number of carbonyl (C=O) groups excluding carboxylic acids is 1. The molecule has 0 fully saturated rings. The van der Waals surface area contributed by atoms with Crippen molar-refractivity contribution in [3.8, 4) is 11.1 Å². The van der Waals surface area contributed by atoms with E-state index in [1.165, 1.54) is 0 Å². The number of benzene rings is 2. The van der Waals surface area contributed by atoms with Crippen molar-refractivity contribution in [1.29, 1.82) is 0 Å². The number of carboxylic acids is 1. The Balaban J connectivity index is 1.34. The Morgan fingerprint density at radius 1 is 1.11 bits per heavy atom. The molecule has 1 amide bonds.